The van der Waals surface area contributed by atoms with Crippen molar-refractivity contribution in [3.8, 4) is 0 Å². The largest absolute Gasteiger partial charge is 0.315 e. The summed E-state index contributed by atoms with van der Waals surface area (Å²) in [6.45, 7) is 2.65. The lowest BCUT2D eigenvalue weighted by Crippen LogP contribution is -2.33. The van der Waals surface area contributed by atoms with Gasteiger partial charge in [0.1, 0.15) is 4.21 Å². The van der Waals surface area contributed by atoms with Crippen LogP contribution in [-0.2, 0) is 16.6 Å². The lowest BCUT2D eigenvalue weighted by molar-refractivity contribution is 0.539. The monoisotopic (exact) mass is 274 g/mol. The summed E-state index contributed by atoms with van der Waals surface area (Å²) in [5, 5.41) is 3.01. The summed E-state index contributed by atoms with van der Waals surface area (Å²) in [4.78, 5) is 1.03. The van der Waals surface area contributed by atoms with E-state index in [0.717, 1.165) is 17.7 Å². The summed E-state index contributed by atoms with van der Waals surface area (Å²) >= 11 is 1.33. The second kappa shape index (κ2) is 5.06. The first-order chi connectivity index (χ1) is 8.03. The van der Waals surface area contributed by atoms with E-state index in [1.807, 2.05) is 20.0 Å². The second-order valence-electron chi connectivity index (χ2n) is 4.50. The van der Waals surface area contributed by atoms with Crippen molar-refractivity contribution in [1.29, 1.82) is 0 Å². The standard InChI is InChI=1S/C11H18N2O2S2/c1-8(9-3-4-9)13-17(14,15)11-6-5-10(16-11)7-12-2/h5-6,8-9,12-13H,3-4,7H2,1-2H3. The first kappa shape index (κ1) is 13.0. The fourth-order valence-electron chi connectivity index (χ4n) is 1.77. The van der Waals surface area contributed by atoms with E-state index in [2.05, 4.69) is 10.0 Å². The van der Waals surface area contributed by atoms with Crippen LogP contribution in [0, 0.1) is 5.92 Å². The van der Waals surface area contributed by atoms with Crippen LogP contribution < -0.4 is 10.0 Å². The molecular formula is C11H18N2O2S2. The second-order valence-corrected chi connectivity index (χ2v) is 7.61. The van der Waals surface area contributed by atoms with E-state index in [4.69, 9.17) is 0 Å². The first-order valence-corrected chi connectivity index (χ1v) is 8.08. The minimum Gasteiger partial charge on any atom is -0.315 e. The van der Waals surface area contributed by atoms with Gasteiger partial charge in [0, 0.05) is 17.5 Å². The van der Waals surface area contributed by atoms with Crippen molar-refractivity contribution in [2.75, 3.05) is 7.05 Å². The zero-order chi connectivity index (χ0) is 12.5. The van der Waals surface area contributed by atoms with E-state index in [0.29, 0.717) is 16.7 Å². The van der Waals surface area contributed by atoms with Crippen molar-refractivity contribution >= 4 is 21.4 Å². The van der Waals surface area contributed by atoms with Crippen LogP contribution in [0.2, 0.25) is 0 Å². The van der Waals surface area contributed by atoms with Gasteiger partial charge in [-0.25, -0.2) is 13.1 Å². The normalized spacial score (nSPS) is 18.2. The molecule has 1 fully saturated rings. The number of rotatable bonds is 6. The molecule has 96 valence electrons. The highest BCUT2D eigenvalue weighted by molar-refractivity contribution is 7.91. The van der Waals surface area contributed by atoms with Crippen LogP contribution in [0.25, 0.3) is 0 Å². The van der Waals surface area contributed by atoms with Gasteiger partial charge >= 0.3 is 0 Å². The van der Waals surface area contributed by atoms with Crippen LogP contribution in [0.1, 0.15) is 24.6 Å². The Labute approximate surface area is 106 Å². The fourth-order valence-corrected chi connectivity index (χ4v) is 4.46. The van der Waals surface area contributed by atoms with E-state index in [1.165, 1.54) is 11.3 Å². The Morgan fingerprint density at radius 3 is 2.76 bits per heavy atom. The summed E-state index contributed by atoms with van der Waals surface area (Å²) in [7, 11) is -1.47. The average molecular weight is 274 g/mol. The lowest BCUT2D eigenvalue weighted by atomic mass is 10.2. The topological polar surface area (TPSA) is 58.2 Å². The van der Waals surface area contributed by atoms with Crippen molar-refractivity contribution in [3.05, 3.63) is 17.0 Å². The van der Waals surface area contributed by atoms with Crippen LogP contribution in [0.5, 0.6) is 0 Å². The molecule has 2 N–H and O–H groups in total. The maximum absolute atomic E-state index is 12.1. The molecule has 6 heteroatoms. The summed E-state index contributed by atoms with van der Waals surface area (Å²) in [5.41, 5.74) is 0. The molecule has 0 aliphatic heterocycles. The summed E-state index contributed by atoms with van der Waals surface area (Å²) < 4.78 is 27.3. The number of sulfonamides is 1. The van der Waals surface area contributed by atoms with Crippen LogP contribution in [-0.4, -0.2) is 21.5 Å². The summed E-state index contributed by atoms with van der Waals surface area (Å²) in [6, 6.07) is 3.59. The van der Waals surface area contributed by atoms with Gasteiger partial charge in [0.25, 0.3) is 0 Å². The molecule has 1 aromatic rings. The number of thiophene rings is 1. The Hall–Kier alpha value is -0.430. The molecular weight excluding hydrogens is 256 g/mol. The van der Waals surface area contributed by atoms with E-state index in [1.54, 1.807) is 6.07 Å². The van der Waals surface area contributed by atoms with Crippen molar-refractivity contribution in [3.63, 3.8) is 0 Å². The highest BCUT2D eigenvalue weighted by atomic mass is 32.2. The van der Waals surface area contributed by atoms with Crippen LogP contribution in [0.15, 0.2) is 16.3 Å². The van der Waals surface area contributed by atoms with Gasteiger partial charge in [0.15, 0.2) is 0 Å². The zero-order valence-electron chi connectivity index (χ0n) is 10.1. The van der Waals surface area contributed by atoms with Gasteiger partial charge in [0.2, 0.25) is 10.0 Å². The third kappa shape index (κ3) is 3.28. The van der Waals surface area contributed by atoms with E-state index >= 15 is 0 Å². The molecule has 1 atom stereocenters. The molecule has 0 bridgehead atoms. The first-order valence-electron chi connectivity index (χ1n) is 5.78. The van der Waals surface area contributed by atoms with E-state index in [9.17, 15) is 8.42 Å². The quantitative estimate of drug-likeness (QED) is 0.827. The van der Waals surface area contributed by atoms with Crippen molar-refractivity contribution in [2.24, 2.45) is 5.92 Å². The van der Waals surface area contributed by atoms with Gasteiger partial charge < -0.3 is 5.32 Å². The molecule has 0 radical (unpaired) electrons. The Balaban J connectivity index is 2.07. The fraction of sp³-hybridized carbons (Fsp3) is 0.636. The number of hydrogen-bond donors (Lipinski definition) is 2. The minimum atomic E-state index is -3.32. The predicted molar refractivity (Wildman–Crippen MR) is 69.6 cm³/mol. The number of hydrogen-bond acceptors (Lipinski definition) is 4. The lowest BCUT2D eigenvalue weighted by Gasteiger charge is -2.11. The minimum absolute atomic E-state index is 0.0508. The summed E-state index contributed by atoms with van der Waals surface area (Å²) in [6.07, 6.45) is 2.28. The van der Waals surface area contributed by atoms with Gasteiger partial charge in [-0.05, 0) is 44.9 Å². The molecule has 1 heterocycles. The highest BCUT2D eigenvalue weighted by Crippen LogP contribution is 2.33. The van der Waals surface area contributed by atoms with Crippen molar-refractivity contribution in [2.45, 2.75) is 36.6 Å². The van der Waals surface area contributed by atoms with Crippen molar-refractivity contribution in [1.82, 2.24) is 10.0 Å². The Kier molecular flexibility index (Phi) is 3.87. The molecule has 1 saturated carbocycles. The molecule has 1 aromatic heterocycles. The molecule has 1 aliphatic carbocycles. The third-order valence-corrected chi connectivity index (χ3v) is 6.06. The molecule has 4 nitrogen and oxygen atoms in total. The van der Waals surface area contributed by atoms with Gasteiger partial charge in [-0.3, -0.25) is 0 Å². The maximum atomic E-state index is 12.1. The maximum Gasteiger partial charge on any atom is 0.250 e. The van der Waals surface area contributed by atoms with E-state index < -0.39 is 10.0 Å². The van der Waals surface area contributed by atoms with Crippen molar-refractivity contribution < 1.29 is 8.42 Å². The highest BCUT2D eigenvalue weighted by Gasteiger charge is 2.31. The number of nitrogens with one attached hydrogen (secondary N) is 2. The average Bonchev–Trinajstić information content (AvgIpc) is 2.99. The molecule has 1 unspecified atom stereocenters. The van der Waals surface area contributed by atoms with Gasteiger partial charge in [-0.2, -0.15) is 0 Å². The van der Waals surface area contributed by atoms with Crippen LogP contribution in [0.4, 0.5) is 0 Å². The van der Waals surface area contributed by atoms with Gasteiger partial charge in [-0.15, -0.1) is 11.3 Å². The smallest absolute Gasteiger partial charge is 0.250 e. The molecule has 17 heavy (non-hydrogen) atoms. The molecule has 2 rings (SSSR count). The van der Waals surface area contributed by atoms with E-state index in [-0.39, 0.29) is 6.04 Å². The Bertz CT molecular complexity index is 477. The molecule has 0 aromatic carbocycles. The van der Waals surface area contributed by atoms with Gasteiger partial charge in [-0.1, -0.05) is 0 Å². The SMILES string of the molecule is CNCc1ccc(S(=O)(=O)NC(C)C2CC2)s1. The van der Waals surface area contributed by atoms with Gasteiger partial charge in [0.05, 0.1) is 0 Å². The predicted octanol–water partition coefficient (Wildman–Crippen LogP) is 1.54. The Morgan fingerprint density at radius 2 is 2.18 bits per heavy atom. The Morgan fingerprint density at radius 1 is 1.47 bits per heavy atom. The van der Waals surface area contributed by atoms with Crippen LogP contribution in [0.3, 0.4) is 0 Å². The summed E-state index contributed by atoms with van der Waals surface area (Å²) in [5.74, 6) is 0.529. The molecule has 0 saturated heterocycles. The molecule has 0 spiro atoms. The third-order valence-electron chi connectivity index (χ3n) is 2.92. The zero-order valence-corrected chi connectivity index (χ0v) is 11.7. The molecule has 1 aliphatic rings. The van der Waals surface area contributed by atoms with Crippen LogP contribution >= 0.6 is 11.3 Å². The molecule has 0 amide bonds.